The Morgan fingerprint density at radius 3 is 2.36 bits per heavy atom. The topological polar surface area (TPSA) is 21.3 Å². The lowest BCUT2D eigenvalue weighted by Gasteiger charge is -2.22. The van der Waals surface area contributed by atoms with Crippen molar-refractivity contribution in [1.29, 1.82) is 0 Å². The number of ether oxygens (including phenoxy) is 1. The highest BCUT2D eigenvalue weighted by Gasteiger charge is 2.12. The highest BCUT2D eigenvalue weighted by molar-refractivity contribution is 4.69. The van der Waals surface area contributed by atoms with Gasteiger partial charge in [-0.15, -0.1) is 0 Å². The minimum absolute atomic E-state index is 0.338. The molecule has 0 heterocycles. The molecule has 0 spiro atoms. The van der Waals surface area contributed by atoms with Crippen LogP contribution in [0.3, 0.4) is 0 Å². The van der Waals surface area contributed by atoms with Crippen LogP contribution in [0.25, 0.3) is 0 Å². The first-order chi connectivity index (χ1) is 5.26. The van der Waals surface area contributed by atoms with Gasteiger partial charge >= 0.3 is 0 Å². The first-order valence-corrected chi connectivity index (χ1v) is 4.55. The Kier molecular flexibility index (Phi) is 6.57. The molecule has 0 aromatic carbocycles. The van der Waals surface area contributed by atoms with E-state index in [-0.39, 0.29) is 0 Å². The van der Waals surface area contributed by atoms with Gasteiger partial charge in [0, 0.05) is 12.6 Å². The predicted molar refractivity (Wildman–Crippen MR) is 48.8 cm³/mol. The molecule has 0 amide bonds. The minimum atomic E-state index is 0.338. The zero-order chi connectivity index (χ0) is 8.69. The number of likely N-dealkylation sites (N-methyl/N-ethyl adjacent to an activating group) is 1. The van der Waals surface area contributed by atoms with Gasteiger partial charge in [0.05, 0.1) is 6.10 Å². The maximum absolute atomic E-state index is 5.57. The summed E-state index contributed by atoms with van der Waals surface area (Å²) >= 11 is 0. The van der Waals surface area contributed by atoms with Gasteiger partial charge in [-0.25, -0.2) is 0 Å². The Morgan fingerprint density at radius 2 is 2.00 bits per heavy atom. The van der Waals surface area contributed by atoms with E-state index in [9.17, 15) is 0 Å². The van der Waals surface area contributed by atoms with Gasteiger partial charge < -0.3 is 10.1 Å². The van der Waals surface area contributed by atoms with Crippen LogP contribution < -0.4 is 5.32 Å². The molecule has 0 rings (SSSR count). The van der Waals surface area contributed by atoms with Crippen molar-refractivity contribution in [1.82, 2.24) is 5.32 Å². The second kappa shape index (κ2) is 6.62. The number of rotatable bonds is 6. The highest BCUT2D eigenvalue weighted by Crippen LogP contribution is 2.02. The van der Waals surface area contributed by atoms with Crippen LogP contribution in [0.2, 0.25) is 0 Å². The fourth-order valence-electron chi connectivity index (χ4n) is 1.19. The van der Waals surface area contributed by atoms with Crippen molar-refractivity contribution in [2.75, 3.05) is 13.7 Å². The quantitative estimate of drug-likeness (QED) is 0.638. The number of hydrogen-bond acceptors (Lipinski definition) is 2. The molecule has 2 nitrogen and oxygen atoms in total. The van der Waals surface area contributed by atoms with E-state index in [1.54, 1.807) is 0 Å². The van der Waals surface area contributed by atoms with E-state index in [1.165, 1.54) is 0 Å². The van der Waals surface area contributed by atoms with Gasteiger partial charge in [-0.1, -0.05) is 13.8 Å². The third-order valence-electron chi connectivity index (χ3n) is 1.96. The van der Waals surface area contributed by atoms with Crippen LogP contribution in [0, 0.1) is 0 Å². The van der Waals surface area contributed by atoms with Crippen molar-refractivity contribution < 1.29 is 4.74 Å². The van der Waals surface area contributed by atoms with Crippen LogP contribution in [-0.4, -0.2) is 25.8 Å². The van der Waals surface area contributed by atoms with Crippen molar-refractivity contribution >= 4 is 0 Å². The maximum atomic E-state index is 5.57. The molecule has 0 saturated carbocycles. The molecule has 0 saturated heterocycles. The van der Waals surface area contributed by atoms with Crippen LogP contribution in [0.15, 0.2) is 0 Å². The smallest absolute Gasteiger partial charge is 0.0699 e. The van der Waals surface area contributed by atoms with E-state index in [4.69, 9.17) is 4.74 Å². The van der Waals surface area contributed by atoms with Gasteiger partial charge in [-0.2, -0.15) is 0 Å². The van der Waals surface area contributed by atoms with Crippen molar-refractivity contribution in [3.63, 3.8) is 0 Å². The van der Waals surface area contributed by atoms with E-state index >= 15 is 0 Å². The molecule has 2 unspecified atom stereocenters. The molecule has 68 valence electrons. The fourth-order valence-corrected chi connectivity index (χ4v) is 1.19. The van der Waals surface area contributed by atoms with Gasteiger partial charge in [0.25, 0.3) is 0 Å². The lowest BCUT2D eigenvalue weighted by molar-refractivity contribution is 0.0402. The molecular weight excluding hydrogens is 138 g/mol. The van der Waals surface area contributed by atoms with Crippen LogP contribution in [0.5, 0.6) is 0 Å². The molecule has 0 bridgehead atoms. The number of nitrogens with one attached hydrogen (secondary N) is 1. The summed E-state index contributed by atoms with van der Waals surface area (Å²) in [4.78, 5) is 0. The van der Waals surface area contributed by atoms with Gasteiger partial charge in [0.1, 0.15) is 0 Å². The molecule has 1 N–H and O–H groups in total. The summed E-state index contributed by atoms with van der Waals surface area (Å²) in [7, 11) is 1.99. The summed E-state index contributed by atoms with van der Waals surface area (Å²) in [5.74, 6) is 0. The van der Waals surface area contributed by atoms with Crippen LogP contribution in [0.4, 0.5) is 0 Å². The normalized spacial score (nSPS) is 16.4. The summed E-state index contributed by atoms with van der Waals surface area (Å²) in [6, 6.07) is 0.501. The average molecular weight is 159 g/mol. The first-order valence-electron chi connectivity index (χ1n) is 4.55. The highest BCUT2D eigenvalue weighted by atomic mass is 16.5. The second-order valence-corrected chi connectivity index (χ2v) is 2.88. The monoisotopic (exact) mass is 159 g/mol. The zero-order valence-electron chi connectivity index (χ0n) is 8.18. The summed E-state index contributed by atoms with van der Waals surface area (Å²) in [6.45, 7) is 7.31. The lowest BCUT2D eigenvalue weighted by atomic mass is 10.1. The van der Waals surface area contributed by atoms with Crippen molar-refractivity contribution in [2.24, 2.45) is 0 Å². The standard InChI is InChI=1S/C9H21NO/c1-5-7-11-8(3)9(6-2)10-4/h8-10H,5-7H2,1-4H3. The molecule has 2 heteroatoms. The fraction of sp³-hybridized carbons (Fsp3) is 1.00. The summed E-state index contributed by atoms with van der Waals surface area (Å²) < 4.78 is 5.57. The van der Waals surface area contributed by atoms with Gasteiger partial charge in [0.15, 0.2) is 0 Å². The largest absolute Gasteiger partial charge is 0.377 e. The maximum Gasteiger partial charge on any atom is 0.0699 e. The molecule has 0 radical (unpaired) electrons. The molecule has 0 aromatic heterocycles. The van der Waals surface area contributed by atoms with Crippen molar-refractivity contribution in [3.05, 3.63) is 0 Å². The Morgan fingerprint density at radius 1 is 1.36 bits per heavy atom. The van der Waals surface area contributed by atoms with Crippen molar-refractivity contribution in [3.8, 4) is 0 Å². The van der Waals surface area contributed by atoms with Gasteiger partial charge in [0.2, 0.25) is 0 Å². The third kappa shape index (κ3) is 4.38. The molecule has 0 aromatic rings. The predicted octanol–water partition coefficient (Wildman–Crippen LogP) is 1.80. The molecule has 2 atom stereocenters. The molecule has 0 aliphatic heterocycles. The van der Waals surface area contributed by atoms with Gasteiger partial charge in [-0.05, 0) is 26.8 Å². The third-order valence-corrected chi connectivity index (χ3v) is 1.96. The summed E-state index contributed by atoms with van der Waals surface area (Å²) in [5.41, 5.74) is 0. The Bertz CT molecular complexity index is 81.6. The van der Waals surface area contributed by atoms with Crippen molar-refractivity contribution in [2.45, 2.75) is 45.8 Å². The van der Waals surface area contributed by atoms with E-state index in [0.29, 0.717) is 12.1 Å². The molecular formula is C9H21NO. The summed E-state index contributed by atoms with van der Waals surface area (Å²) in [5, 5.41) is 3.24. The molecule has 0 aliphatic carbocycles. The second-order valence-electron chi connectivity index (χ2n) is 2.88. The van der Waals surface area contributed by atoms with Crippen LogP contribution in [0.1, 0.15) is 33.6 Å². The Balaban J connectivity index is 3.51. The van der Waals surface area contributed by atoms with Crippen LogP contribution in [-0.2, 0) is 4.74 Å². The average Bonchev–Trinajstić information content (AvgIpc) is 2.03. The lowest BCUT2D eigenvalue weighted by Crippen LogP contribution is -2.37. The SMILES string of the molecule is CCCOC(C)C(CC)NC. The first kappa shape index (κ1) is 10.9. The molecule has 0 fully saturated rings. The summed E-state index contributed by atoms with van der Waals surface area (Å²) in [6.07, 6.45) is 2.57. The minimum Gasteiger partial charge on any atom is -0.377 e. The van der Waals surface area contributed by atoms with Gasteiger partial charge in [-0.3, -0.25) is 0 Å². The number of hydrogen-bond donors (Lipinski definition) is 1. The van der Waals surface area contributed by atoms with Crippen LogP contribution >= 0.6 is 0 Å². The van der Waals surface area contributed by atoms with E-state index < -0.39 is 0 Å². The molecule has 11 heavy (non-hydrogen) atoms. The van der Waals surface area contributed by atoms with E-state index in [1.807, 2.05) is 7.05 Å². The van der Waals surface area contributed by atoms with E-state index in [2.05, 4.69) is 26.1 Å². The Labute approximate surface area is 70.3 Å². The zero-order valence-corrected chi connectivity index (χ0v) is 8.18. The molecule has 0 aliphatic rings. The Hall–Kier alpha value is -0.0800. The van der Waals surface area contributed by atoms with E-state index in [0.717, 1.165) is 19.4 Å².